The highest BCUT2D eigenvalue weighted by Gasteiger charge is 2.35. The normalized spacial score (nSPS) is 14.9. The predicted molar refractivity (Wildman–Crippen MR) is 225 cm³/mol. The van der Waals surface area contributed by atoms with E-state index in [1.165, 1.54) is 37.3 Å². The number of methoxy groups -OCH3 is 2. The molecule has 0 aliphatic carbocycles. The highest BCUT2D eigenvalue weighted by molar-refractivity contribution is 7.10. The molecule has 1 aromatic carbocycles. The van der Waals surface area contributed by atoms with Gasteiger partial charge in [-0.15, -0.1) is 11.3 Å². The van der Waals surface area contributed by atoms with Crippen LogP contribution in [0.1, 0.15) is 83.7 Å². The van der Waals surface area contributed by atoms with Crippen molar-refractivity contribution in [1.29, 1.82) is 0 Å². The molecule has 1 saturated heterocycles. The molecule has 3 aromatic heterocycles. The minimum absolute atomic E-state index is 0.163. The number of aromatic nitrogens is 3. The van der Waals surface area contributed by atoms with Crippen molar-refractivity contribution >= 4 is 46.1 Å². The zero-order valence-corrected chi connectivity index (χ0v) is 36.3. The fourth-order valence-electron chi connectivity index (χ4n) is 7.70. The Balaban J connectivity index is 1.56. The first-order valence-electron chi connectivity index (χ1n) is 20.0. The van der Waals surface area contributed by atoms with Crippen molar-refractivity contribution in [1.82, 2.24) is 35.2 Å². The Labute approximate surface area is 345 Å². The first-order valence-corrected chi connectivity index (χ1v) is 20.9. The lowest BCUT2D eigenvalue weighted by Crippen LogP contribution is -2.59. The number of pyridine rings is 1. The lowest BCUT2D eigenvalue weighted by molar-refractivity contribution is -0.144. The predicted octanol–water partition coefficient (Wildman–Crippen LogP) is 6.56. The Morgan fingerprint density at radius 1 is 1.10 bits per heavy atom. The van der Waals surface area contributed by atoms with Gasteiger partial charge in [-0.25, -0.2) is 15.2 Å². The van der Waals surface area contributed by atoms with Crippen molar-refractivity contribution in [3.8, 4) is 22.5 Å². The molecule has 0 radical (unpaired) electrons. The van der Waals surface area contributed by atoms with Gasteiger partial charge in [-0.3, -0.25) is 29.3 Å². The first kappa shape index (κ1) is 44.2. The molecule has 4 aromatic rings. The molecule has 0 unspecified atom stereocenters. The third-order valence-corrected chi connectivity index (χ3v) is 11.5. The molecule has 1 aliphatic rings. The molecule has 314 valence electrons. The number of thiazole rings is 1. The first-order chi connectivity index (χ1) is 27.6. The van der Waals surface area contributed by atoms with Crippen molar-refractivity contribution < 1.29 is 33.4 Å². The van der Waals surface area contributed by atoms with Gasteiger partial charge in [0.2, 0.25) is 5.91 Å². The lowest BCUT2D eigenvalue weighted by atomic mass is 9.84. The van der Waals surface area contributed by atoms with Gasteiger partial charge in [0.15, 0.2) is 0 Å². The maximum absolute atomic E-state index is 14.0. The molecule has 3 atom stereocenters. The highest BCUT2D eigenvalue weighted by Crippen LogP contribution is 2.42. The third kappa shape index (κ3) is 10.0. The van der Waals surface area contributed by atoms with Crippen molar-refractivity contribution in [2.45, 2.75) is 98.9 Å². The number of aryl methyl sites for hydroxylation is 1. The van der Waals surface area contributed by atoms with Crippen LogP contribution in [0.15, 0.2) is 41.9 Å². The van der Waals surface area contributed by atoms with Crippen molar-refractivity contribution in [3.63, 3.8) is 0 Å². The van der Waals surface area contributed by atoms with E-state index in [2.05, 4.69) is 60.3 Å². The Morgan fingerprint density at radius 3 is 2.50 bits per heavy atom. The zero-order chi connectivity index (χ0) is 42.3. The van der Waals surface area contributed by atoms with Crippen LogP contribution in [0.3, 0.4) is 0 Å². The van der Waals surface area contributed by atoms with Gasteiger partial charge in [0.25, 0.3) is 5.91 Å². The van der Waals surface area contributed by atoms with E-state index >= 15 is 0 Å². The van der Waals surface area contributed by atoms with Crippen molar-refractivity contribution in [2.24, 2.45) is 11.3 Å². The standard InChI is InChI=1S/C43H59N7O7S/c1-11-49-35-17-16-29(21-31(35)32(23-43(6,7)25-57-28(5)51)39(49)30-15-14-18-44-37(30)27(4)55-9)34-24-58-36(46-34)22-33(41(53)50-20-13-12-19-45-50)47-40(52)38(26(2)3)48(8)42(54)56-10/h14-18,21,24,26-27,33,38,45H,11-13,19-20,22-23,25H2,1-10H3,(H,47,52)/t27-,33-,38-/m0/s1. The van der Waals surface area contributed by atoms with Gasteiger partial charge in [-0.2, -0.15) is 0 Å². The molecular weight excluding hydrogens is 759 g/mol. The monoisotopic (exact) mass is 817 g/mol. The number of hydrazine groups is 1. The molecule has 1 fully saturated rings. The number of benzene rings is 1. The van der Waals surface area contributed by atoms with E-state index in [-0.39, 0.29) is 36.9 Å². The molecule has 3 amide bonds. The number of amides is 3. The Morgan fingerprint density at radius 2 is 1.86 bits per heavy atom. The summed E-state index contributed by atoms with van der Waals surface area (Å²) in [4.78, 5) is 63.2. The summed E-state index contributed by atoms with van der Waals surface area (Å²) in [6.45, 7) is 15.6. The SMILES string of the molecule is CCn1c(-c2cccnc2[C@H](C)OC)c(CC(C)(C)COC(C)=O)c2cc(-c3csc(C[C@H](NC(=O)[C@H](C(C)C)N(C)C(=O)OC)C(=O)N4CCCCN4)n3)ccc21. The maximum Gasteiger partial charge on any atom is 0.409 e. The summed E-state index contributed by atoms with van der Waals surface area (Å²) < 4.78 is 18.5. The number of hydrogen-bond donors (Lipinski definition) is 2. The van der Waals surface area contributed by atoms with Crippen LogP contribution in [0, 0.1) is 11.3 Å². The van der Waals surface area contributed by atoms with Gasteiger partial charge < -0.3 is 24.1 Å². The van der Waals surface area contributed by atoms with Gasteiger partial charge in [-0.1, -0.05) is 33.8 Å². The molecule has 2 N–H and O–H groups in total. The van der Waals surface area contributed by atoms with Crippen LogP contribution in [0.5, 0.6) is 0 Å². The topological polar surface area (TPSA) is 157 Å². The number of carbonyl (C=O) groups excluding carboxylic acids is 4. The second kappa shape index (κ2) is 19.3. The molecular formula is C43H59N7O7S. The summed E-state index contributed by atoms with van der Waals surface area (Å²) in [6.07, 6.45) is 3.46. The maximum atomic E-state index is 14.0. The fraction of sp³-hybridized carbons (Fsp3) is 0.535. The molecule has 15 heteroatoms. The summed E-state index contributed by atoms with van der Waals surface area (Å²) >= 11 is 1.43. The summed E-state index contributed by atoms with van der Waals surface area (Å²) in [5, 5.41) is 8.24. The van der Waals surface area contributed by atoms with Crippen LogP contribution >= 0.6 is 11.3 Å². The summed E-state index contributed by atoms with van der Waals surface area (Å²) in [6, 6.07) is 8.58. The molecule has 14 nitrogen and oxygen atoms in total. The van der Waals surface area contributed by atoms with Crippen LogP contribution < -0.4 is 10.7 Å². The zero-order valence-electron chi connectivity index (χ0n) is 35.5. The number of nitrogens with zero attached hydrogens (tertiary/aromatic N) is 5. The minimum Gasteiger partial charge on any atom is -0.465 e. The lowest BCUT2D eigenvalue weighted by Gasteiger charge is -2.33. The summed E-state index contributed by atoms with van der Waals surface area (Å²) in [5.74, 6) is -1.28. The number of fused-ring (bicyclic) bond motifs is 1. The second-order valence-electron chi connectivity index (χ2n) is 16.0. The number of rotatable bonds is 16. The fourth-order valence-corrected chi connectivity index (χ4v) is 8.55. The van der Waals surface area contributed by atoms with Crippen molar-refractivity contribution in [2.75, 3.05) is 41.0 Å². The van der Waals surface area contributed by atoms with Crippen LogP contribution in [0.2, 0.25) is 0 Å². The molecule has 4 heterocycles. The largest absolute Gasteiger partial charge is 0.465 e. The number of esters is 1. The van der Waals surface area contributed by atoms with E-state index in [1.807, 2.05) is 32.2 Å². The van der Waals surface area contributed by atoms with Gasteiger partial charge in [0.05, 0.1) is 41.9 Å². The van der Waals surface area contributed by atoms with Gasteiger partial charge in [0.1, 0.15) is 12.1 Å². The van der Waals surface area contributed by atoms with Gasteiger partial charge in [0, 0.05) is 86.2 Å². The number of ether oxygens (including phenoxy) is 3. The molecule has 0 bridgehead atoms. The molecule has 58 heavy (non-hydrogen) atoms. The van der Waals surface area contributed by atoms with Crippen molar-refractivity contribution in [3.05, 3.63) is 58.2 Å². The smallest absolute Gasteiger partial charge is 0.409 e. The van der Waals surface area contributed by atoms with E-state index in [1.54, 1.807) is 18.3 Å². The second-order valence-corrected chi connectivity index (χ2v) is 16.9. The third-order valence-electron chi connectivity index (χ3n) is 10.6. The van der Waals surface area contributed by atoms with Crippen LogP contribution in [-0.4, -0.2) is 101 Å². The number of nitrogens with one attached hydrogen (secondary N) is 2. The van der Waals surface area contributed by atoms with Crippen LogP contribution in [-0.2, 0) is 48.0 Å². The number of hydrogen-bond acceptors (Lipinski definition) is 11. The van der Waals surface area contributed by atoms with E-state index < -0.39 is 29.5 Å². The Kier molecular flexibility index (Phi) is 14.7. The van der Waals surface area contributed by atoms with Crippen LogP contribution in [0.25, 0.3) is 33.4 Å². The number of carbonyl (C=O) groups is 4. The molecule has 1 aliphatic heterocycles. The summed E-state index contributed by atoms with van der Waals surface area (Å²) in [7, 11) is 4.47. The average molecular weight is 818 g/mol. The Hall–Kier alpha value is -4.86. The van der Waals surface area contributed by atoms with E-state index in [4.69, 9.17) is 24.2 Å². The van der Waals surface area contributed by atoms with Gasteiger partial charge >= 0.3 is 12.1 Å². The highest BCUT2D eigenvalue weighted by atomic mass is 32.1. The number of likely N-dealkylation sites (N-methyl/N-ethyl adjacent to an activating group) is 1. The quantitative estimate of drug-likeness (QED) is 0.119. The van der Waals surface area contributed by atoms with Gasteiger partial charge in [-0.05, 0) is 68.9 Å². The van der Waals surface area contributed by atoms with E-state index in [0.717, 1.165) is 57.5 Å². The molecule has 0 spiro atoms. The van der Waals surface area contributed by atoms with Crippen LogP contribution in [0.4, 0.5) is 4.79 Å². The minimum atomic E-state index is -0.928. The summed E-state index contributed by atoms with van der Waals surface area (Å²) in [5.41, 5.74) is 9.41. The Bertz CT molecular complexity index is 2090. The van der Waals surface area contributed by atoms with E-state index in [9.17, 15) is 19.2 Å². The molecule has 0 saturated carbocycles. The molecule has 5 rings (SSSR count). The van der Waals surface area contributed by atoms with E-state index in [0.29, 0.717) is 31.1 Å². The average Bonchev–Trinajstić information content (AvgIpc) is 3.80.